The molecular formula is C25H25N5O2. The van der Waals surface area contributed by atoms with E-state index in [0.717, 1.165) is 28.1 Å². The van der Waals surface area contributed by atoms with Gasteiger partial charge in [0.1, 0.15) is 0 Å². The van der Waals surface area contributed by atoms with E-state index >= 15 is 0 Å². The Kier molecular flexibility index (Phi) is 4.44. The summed E-state index contributed by atoms with van der Waals surface area (Å²) in [5.74, 6) is 0.617. The molecule has 0 unspecified atom stereocenters. The Balaban J connectivity index is 1.81. The molecule has 3 aromatic heterocycles. The van der Waals surface area contributed by atoms with Crippen molar-refractivity contribution in [3.8, 4) is 5.69 Å². The van der Waals surface area contributed by atoms with Crippen molar-refractivity contribution in [3.63, 3.8) is 0 Å². The summed E-state index contributed by atoms with van der Waals surface area (Å²) < 4.78 is 6.59. The third-order valence-electron chi connectivity index (χ3n) is 6.27. The van der Waals surface area contributed by atoms with Gasteiger partial charge in [0.25, 0.3) is 5.56 Å². The largest absolute Gasteiger partial charge is 0.332 e. The zero-order valence-corrected chi connectivity index (χ0v) is 18.9. The highest BCUT2D eigenvalue weighted by Crippen LogP contribution is 2.24. The van der Waals surface area contributed by atoms with Gasteiger partial charge in [0, 0.05) is 18.9 Å². The number of aryl methyl sites for hydroxylation is 4. The van der Waals surface area contributed by atoms with Gasteiger partial charge in [-0.1, -0.05) is 42.0 Å². The van der Waals surface area contributed by atoms with E-state index in [1.807, 2.05) is 61.0 Å². The minimum atomic E-state index is -0.375. The molecule has 7 nitrogen and oxygen atoms in total. The van der Waals surface area contributed by atoms with Crippen LogP contribution in [-0.4, -0.2) is 23.1 Å². The molecule has 0 N–H and O–H groups in total. The number of aromatic nitrogens is 5. The van der Waals surface area contributed by atoms with Crippen LogP contribution in [0.1, 0.15) is 27.9 Å². The predicted octanol–water partition coefficient (Wildman–Crippen LogP) is 3.42. The van der Waals surface area contributed by atoms with Crippen LogP contribution >= 0.6 is 0 Å². The Labute approximate surface area is 184 Å². The quantitative estimate of drug-likeness (QED) is 0.443. The van der Waals surface area contributed by atoms with Gasteiger partial charge in [0.2, 0.25) is 5.78 Å². The average molecular weight is 428 g/mol. The maximum Gasteiger partial charge on any atom is 0.332 e. The molecule has 0 fully saturated rings. The van der Waals surface area contributed by atoms with E-state index in [-0.39, 0.29) is 17.8 Å². The van der Waals surface area contributed by atoms with Crippen LogP contribution in [0.15, 0.2) is 58.3 Å². The van der Waals surface area contributed by atoms with Gasteiger partial charge in [0.05, 0.1) is 12.2 Å². The lowest BCUT2D eigenvalue weighted by Gasteiger charge is -2.11. The summed E-state index contributed by atoms with van der Waals surface area (Å²) in [5, 5.41) is 0. The van der Waals surface area contributed by atoms with Gasteiger partial charge >= 0.3 is 5.69 Å². The summed E-state index contributed by atoms with van der Waals surface area (Å²) in [5.41, 5.74) is 6.37. The van der Waals surface area contributed by atoms with Crippen LogP contribution in [0.25, 0.3) is 22.6 Å². The van der Waals surface area contributed by atoms with Crippen molar-refractivity contribution >= 4 is 16.9 Å². The van der Waals surface area contributed by atoms with E-state index < -0.39 is 0 Å². The summed E-state index contributed by atoms with van der Waals surface area (Å²) in [6, 6.07) is 14.0. The van der Waals surface area contributed by atoms with E-state index in [1.54, 1.807) is 11.4 Å². The molecule has 0 aliphatic carbocycles. The Morgan fingerprint density at radius 1 is 0.969 bits per heavy atom. The Morgan fingerprint density at radius 3 is 2.47 bits per heavy atom. The van der Waals surface area contributed by atoms with Crippen LogP contribution in [0.3, 0.4) is 0 Å². The minimum absolute atomic E-state index is 0.215. The molecular weight excluding hydrogens is 402 g/mol. The number of hydrogen-bond donors (Lipinski definition) is 0. The number of benzene rings is 2. The Morgan fingerprint density at radius 2 is 1.72 bits per heavy atom. The van der Waals surface area contributed by atoms with Crippen molar-refractivity contribution in [2.45, 2.75) is 34.2 Å². The molecule has 2 aromatic carbocycles. The number of fused-ring (bicyclic) bond motifs is 3. The van der Waals surface area contributed by atoms with Gasteiger partial charge < -0.3 is 0 Å². The highest BCUT2D eigenvalue weighted by atomic mass is 16.2. The maximum atomic E-state index is 13.5. The fourth-order valence-electron chi connectivity index (χ4n) is 4.42. The Bertz CT molecular complexity index is 1650. The molecule has 162 valence electrons. The van der Waals surface area contributed by atoms with Crippen molar-refractivity contribution in [2.75, 3.05) is 0 Å². The van der Waals surface area contributed by atoms with E-state index in [2.05, 4.69) is 19.9 Å². The normalized spacial score (nSPS) is 11.7. The number of hydrogen-bond acceptors (Lipinski definition) is 3. The first-order valence-electron chi connectivity index (χ1n) is 10.6. The first kappa shape index (κ1) is 20.1. The van der Waals surface area contributed by atoms with Gasteiger partial charge in [-0.3, -0.25) is 22.9 Å². The zero-order chi connectivity index (χ0) is 22.7. The highest BCUT2D eigenvalue weighted by Gasteiger charge is 2.21. The Hall–Kier alpha value is -3.87. The fraction of sp³-hybridized carbons (Fsp3) is 0.240. The van der Waals surface area contributed by atoms with Crippen LogP contribution in [-0.2, 0) is 13.6 Å². The lowest BCUT2D eigenvalue weighted by molar-refractivity contribution is 0.656. The van der Waals surface area contributed by atoms with E-state index in [9.17, 15) is 9.59 Å². The van der Waals surface area contributed by atoms with Crippen LogP contribution in [0.2, 0.25) is 0 Å². The smallest absolute Gasteiger partial charge is 0.283 e. The molecule has 0 spiro atoms. The third kappa shape index (κ3) is 2.85. The second-order valence-electron chi connectivity index (χ2n) is 8.50. The van der Waals surface area contributed by atoms with E-state index in [4.69, 9.17) is 4.98 Å². The lowest BCUT2D eigenvalue weighted by Crippen LogP contribution is -2.39. The fourth-order valence-corrected chi connectivity index (χ4v) is 4.42. The van der Waals surface area contributed by atoms with Crippen LogP contribution < -0.4 is 11.2 Å². The summed E-state index contributed by atoms with van der Waals surface area (Å²) >= 11 is 0. The standard InChI is InChI=1S/C25H25N5O2/c1-15-8-6-10-19(12-15)14-29-23(31)21-22(27(5)25(29)32)26-24-28(21)13-17(3)30(24)20-11-7-9-16(2)18(20)4/h6-13H,14H2,1-5H3. The van der Waals surface area contributed by atoms with Gasteiger partial charge in [-0.2, -0.15) is 4.98 Å². The van der Waals surface area contributed by atoms with Crippen LogP contribution in [0.4, 0.5) is 0 Å². The first-order chi connectivity index (χ1) is 15.3. The molecule has 3 heterocycles. The SMILES string of the molecule is Cc1cccc(Cn2c(=O)c3c(nc4n(-c5cccc(C)c5C)c(C)cn34)n(C)c2=O)c1. The van der Waals surface area contributed by atoms with Gasteiger partial charge in [-0.15, -0.1) is 0 Å². The van der Waals surface area contributed by atoms with E-state index in [1.165, 1.54) is 14.7 Å². The van der Waals surface area contributed by atoms with Crippen molar-refractivity contribution in [3.05, 3.63) is 97.4 Å². The summed E-state index contributed by atoms with van der Waals surface area (Å²) in [4.78, 5) is 31.3. The van der Waals surface area contributed by atoms with Crippen molar-refractivity contribution in [2.24, 2.45) is 7.05 Å². The first-order valence-corrected chi connectivity index (χ1v) is 10.6. The molecule has 5 aromatic rings. The third-order valence-corrected chi connectivity index (χ3v) is 6.27. The molecule has 0 saturated heterocycles. The van der Waals surface area contributed by atoms with E-state index in [0.29, 0.717) is 16.9 Å². The van der Waals surface area contributed by atoms with Crippen LogP contribution in [0, 0.1) is 27.7 Å². The molecule has 32 heavy (non-hydrogen) atoms. The van der Waals surface area contributed by atoms with Gasteiger partial charge in [-0.05, 0) is 50.5 Å². The highest BCUT2D eigenvalue weighted by molar-refractivity contribution is 5.76. The maximum absolute atomic E-state index is 13.5. The second-order valence-corrected chi connectivity index (χ2v) is 8.50. The second kappa shape index (κ2) is 7.09. The summed E-state index contributed by atoms with van der Waals surface area (Å²) in [6.07, 6.45) is 1.91. The number of rotatable bonds is 3. The number of imidazole rings is 2. The lowest BCUT2D eigenvalue weighted by atomic mass is 10.1. The molecule has 0 atom stereocenters. The molecule has 0 aliphatic heterocycles. The van der Waals surface area contributed by atoms with Gasteiger partial charge in [0.15, 0.2) is 11.2 Å². The van der Waals surface area contributed by atoms with Crippen LogP contribution in [0.5, 0.6) is 0 Å². The topological polar surface area (TPSA) is 66.2 Å². The monoisotopic (exact) mass is 427 g/mol. The van der Waals surface area contributed by atoms with Crippen molar-refractivity contribution < 1.29 is 0 Å². The molecule has 0 saturated carbocycles. The molecule has 0 radical (unpaired) electrons. The summed E-state index contributed by atoms with van der Waals surface area (Å²) in [7, 11) is 1.67. The van der Waals surface area contributed by atoms with Gasteiger partial charge in [-0.25, -0.2) is 4.79 Å². The van der Waals surface area contributed by atoms with Crippen molar-refractivity contribution in [1.82, 2.24) is 23.1 Å². The molecule has 0 bridgehead atoms. The van der Waals surface area contributed by atoms with Crippen molar-refractivity contribution in [1.29, 1.82) is 0 Å². The molecule has 0 aliphatic rings. The zero-order valence-electron chi connectivity index (χ0n) is 18.9. The summed E-state index contributed by atoms with van der Waals surface area (Å²) in [6.45, 7) is 8.36. The molecule has 0 amide bonds. The average Bonchev–Trinajstić information content (AvgIpc) is 3.26. The molecule has 5 rings (SSSR count). The molecule has 7 heteroatoms. The minimum Gasteiger partial charge on any atom is -0.283 e. The number of nitrogens with zero attached hydrogens (tertiary/aromatic N) is 5. The predicted molar refractivity (Wildman–Crippen MR) is 126 cm³/mol.